The molecule has 0 aliphatic heterocycles. The zero-order valence-electron chi connectivity index (χ0n) is 13.1. The Bertz CT molecular complexity index is 850. The fraction of sp³-hybridized carbons (Fsp3) is 0.188. The highest BCUT2D eigenvalue weighted by Gasteiger charge is 2.22. The first-order chi connectivity index (χ1) is 11.2. The maximum Gasteiger partial charge on any atom is 0.241 e. The molecule has 0 aliphatic rings. The molecule has 5 nitrogen and oxygen atoms in total. The van der Waals surface area contributed by atoms with Crippen LogP contribution >= 0.6 is 23.2 Å². The standard InChI is InChI=1S/C16H16Cl2N2O3S/c1-20(2)16(21)10-19-14-8-5-12(18)9-15(14)24(22,23)13-6-3-11(17)4-7-13/h3-9,19H,10H2,1-2H3. The normalized spacial score (nSPS) is 11.2. The largest absolute Gasteiger partial charge is 0.375 e. The Morgan fingerprint density at radius 1 is 1.04 bits per heavy atom. The number of rotatable bonds is 5. The molecule has 0 spiro atoms. The molecule has 0 saturated heterocycles. The minimum atomic E-state index is -3.81. The fourth-order valence-corrected chi connectivity index (χ4v) is 3.76. The van der Waals surface area contributed by atoms with Gasteiger partial charge in [-0.15, -0.1) is 0 Å². The van der Waals surface area contributed by atoms with Crippen LogP contribution in [0.2, 0.25) is 10.0 Å². The molecule has 128 valence electrons. The Kier molecular flexibility index (Phi) is 5.74. The molecule has 0 atom stereocenters. The molecule has 0 aliphatic carbocycles. The molecule has 24 heavy (non-hydrogen) atoms. The minimum absolute atomic E-state index is 0.00359. The molecule has 0 radical (unpaired) electrons. The Hall–Kier alpha value is -1.76. The summed E-state index contributed by atoms with van der Waals surface area (Å²) >= 11 is 11.8. The van der Waals surface area contributed by atoms with Gasteiger partial charge in [-0.05, 0) is 42.5 Å². The van der Waals surface area contributed by atoms with Crippen LogP contribution < -0.4 is 5.32 Å². The Balaban J connectivity index is 2.43. The van der Waals surface area contributed by atoms with Gasteiger partial charge in [-0.3, -0.25) is 4.79 Å². The lowest BCUT2D eigenvalue weighted by atomic mass is 10.3. The van der Waals surface area contributed by atoms with E-state index in [4.69, 9.17) is 23.2 Å². The number of anilines is 1. The van der Waals surface area contributed by atoms with Gasteiger partial charge < -0.3 is 10.2 Å². The monoisotopic (exact) mass is 386 g/mol. The molecule has 8 heteroatoms. The van der Waals surface area contributed by atoms with Crippen LogP contribution in [0.4, 0.5) is 5.69 Å². The van der Waals surface area contributed by atoms with Gasteiger partial charge in [0, 0.05) is 24.1 Å². The highest BCUT2D eigenvalue weighted by atomic mass is 35.5. The van der Waals surface area contributed by atoms with Crippen LogP contribution in [0.15, 0.2) is 52.3 Å². The number of amides is 1. The van der Waals surface area contributed by atoms with E-state index in [1.807, 2.05) is 0 Å². The van der Waals surface area contributed by atoms with Gasteiger partial charge in [0.2, 0.25) is 15.7 Å². The number of likely N-dealkylation sites (N-methyl/N-ethyl adjacent to an activating group) is 1. The van der Waals surface area contributed by atoms with Gasteiger partial charge in [-0.2, -0.15) is 0 Å². The Morgan fingerprint density at radius 2 is 1.62 bits per heavy atom. The van der Waals surface area contributed by atoms with Gasteiger partial charge in [0.25, 0.3) is 0 Å². The number of halogens is 2. The van der Waals surface area contributed by atoms with Crippen molar-refractivity contribution in [1.29, 1.82) is 0 Å². The summed E-state index contributed by atoms with van der Waals surface area (Å²) in [5.74, 6) is -0.181. The van der Waals surface area contributed by atoms with E-state index in [1.54, 1.807) is 20.2 Å². The molecule has 0 fully saturated rings. The highest BCUT2D eigenvalue weighted by Crippen LogP contribution is 2.30. The molecule has 2 rings (SSSR count). The molecule has 1 N–H and O–H groups in total. The maximum atomic E-state index is 12.9. The molecule has 0 unspecified atom stereocenters. The second kappa shape index (κ2) is 7.42. The van der Waals surface area contributed by atoms with E-state index in [9.17, 15) is 13.2 Å². The predicted octanol–water partition coefficient (Wildman–Crippen LogP) is 3.33. The quantitative estimate of drug-likeness (QED) is 0.855. The van der Waals surface area contributed by atoms with Crippen molar-refractivity contribution in [1.82, 2.24) is 4.90 Å². The van der Waals surface area contributed by atoms with Gasteiger partial charge in [-0.25, -0.2) is 8.42 Å². The third-order valence-corrected chi connectivity index (χ3v) is 5.58. The van der Waals surface area contributed by atoms with Crippen molar-refractivity contribution in [2.24, 2.45) is 0 Å². The first kappa shape index (κ1) is 18.6. The third-order valence-electron chi connectivity index (χ3n) is 3.29. The average molecular weight is 387 g/mol. The van der Waals surface area contributed by atoms with Crippen molar-refractivity contribution >= 4 is 44.6 Å². The second-order valence-corrected chi connectivity index (χ2v) is 8.03. The maximum absolute atomic E-state index is 12.9. The predicted molar refractivity (Wildman–Crippen MR) is 95.5 cm³/mol. The lowest BCUT2D eigenvalue weighted by Crippen LogP contribution is -2.29. The van der Waals surface area contributed by atoms with Crippen molar-refractivity contribution in [2.75, 3.05) is 26.0 Å². The molecule has 2 aromatic carbocycles. The summed E-state index contributed by atoms with van der Waals surface area (Å²) in [4.78, 5) is 13.2. The molecule has 0 heterocycles. The highest BCUT2D eigenvalue weighted by molar-refractivity contribution is 7.91. The topological polar surface area (TPSA) is 66.5 Å². The SMILES string of the molecule is CN(C)C(=O)CNc1ccc(Cl)cc1S(=O)(=O)c1ccc(Cl)cc1. The number of benzene rings is 2. The van der Waals surface area contributed by atoms with E-state index in [0.717, 1.165) is 0 Å². The lowest BCUT2D eigenvalue weighted by Gasteiger charge is -2.15. The number of hydrogen-bond acceptors (Lipinski definition) is 4. The smallest absolute Gasteiger partial charge is 0.241 e. The van der Waals surface area contributed by atoms with Gasteiger partial charge in [-0.1, -0.05) is 23.2 Å². The van der Waals surface area contributed by atoms with Crippen LogP contribution in [0, 0.1) is 0 Å². The summed E-state index contributed by atoms with van der Waals surface area (Å²) < 4.78 is 25.7. The number of sulfone groups is 1. The van der Waals surface area contributed by atoms with E-state index < -0.39 is 9.84 Å². The molecular formula is C16H16Cl2N2O3S. The number of nitrogens with zero attached hydrogens (tertiary/aromatic N) is 1. The van der Waals surface area contributed by atoms with Crippen molar-refractivity contribution in [3.05, 3.63) is 52.5 Å². The van der Waals surface area contributed by atoms with Crippen LogP contribution in [-0.4, -0.2) is 39.9 Å². The van der Waals surface area contributed by atoms with Crippen LogP contribution in [0.25, 0.3) is 0 Å². The minimum Gasteiger partial charge on any atom is -0.375 e. The summed E-state index contributed by atoms with van der Waals surface area (Å²) in [6.45, 7) is -0.0300. The summed E-state index contributed by atoms with van der Waals surface area (Å²) in [7, 11) is -0.563. The summed E-state index contributed by atoms with van der Waals surface area (Å²) in [5, 5.41) is 3.58. The summed E-state index contributed by atoms with van der Waals surface area (Å²) in [5.41, 5.74) is 0.310. The zero-order chi connectivity index (χ0) is 17.9. The zero-order valence-corrected chi connectivity index (χ0v) is 15.4. The number of nitrogens with one attached hydrogen (secondary N) is 1. The van der Waals surface area contributed by atoms with Crippen LogP contribution in [0.3, 0.4) is 0 Å². The van der Waals surface area contributed by atoms with Crippen molar-refractivity contribution in [3.63, 3.8) is 0 Å². The molecule has 0 saturated carbocycles. The van der Waals surface area contributed by atoms with E-state index in [2.05, 4.69) is 5.32 Å². The van der Waals surface area contributed by atoms with Crippen molar-refractivity contribution < 1.29 is 13.2 Å². The fourth-order valence-electron chi connectivity index (χ4n) is 1.93. The Labute approximate surface area is 151 Å². The summed E-state index contributed by atoms with van der Waals surface area (Å²) in [6.07, 6.45) is 0. The van der Waals surface area contributed by atoms with Gasteiger partial charge in [0.15, 0.2) is 0 Å². The number of carbonyl (C=O) groups is 1. The third kappa shape index (κ3) is 4.20. The number of carbonyl (C=O) groups excluding carboxylic acids is 1. The molecular weight excluding hydrogens is 371 g/mol. The van der Waals surface area contributed by atoms with Crippen LogP contribution in [0.5, 0.6) is 0 Å². The molecule has 2 aromatic rings. The molecule has 0 bridgehead atoms. The van der Waals surface area contributed by atoms with Gasteiger partial charge >= 0.3 is 0 Å². The van der Waals surface area contributed by atoms with Crippen molar-refractivity contribution in [2.45, 2.75) is 9.79 Å². The van der Waals surface area contributed by atoms with E-state index in [1.165, 1.54) is 41.3 Å². The van der Waals surface area contributed by atoms with Gasteiger partial charge in [0.05, 0.1) is 22.0 Å². The number of hydrogen-bond donors (Lipinski definition) is 1. The van der Waals surface area contributed by atoms with Gasteiger partial charge in [0.1, 0.15) is 0 Å². The first-order valence-corrected chi connectivity index (χ1v) is 9.20. The lowest BCUT2D eigenvalue weighted by molar-refractivity contribution is -0.126. The van der Waals surface area contributed by atoms with E-state index in [0.29, 0.717) is 10.7 Å². The van der Waals surface area contributed by atoms with E-state index in [-0.39, 0.29) is 27.3 Å². The van der Waals surface area contributed by atoms with Crippen molar-refractivity contribution in [3.8, 4) is 0 Å². The average Bonchev–Trinajstić information content (AvgIpc) is 2.53. The Morgan fingerprint density at radius 3 is 2.21 bits per heavy atom. The summed E-state index contributed by atoms with van der Waals surface area (Å²) in [6, 6.07) is 10.3. The second-order valence-electron chi connectivity index (χ2n) is 5.24. The first-order valence-electron chi connectivity index (χ1n) is 6.96. The van der Waals surface area contributed by atoms with Crippen LogP contribution in [0.1, 0.15) is 0 Å². The van der Waals surface area contributed by atoms with Crippen LogP contribution in [-0.2, 0) is 14.6 Å². The molecule has 0 aromatic heterocycles. The molecule has 1 amide bonds. The van der Waals surface area contributed by atoms with E-state index >= 15 is 0 Å².